The number of nitrogens with two attached hydrogens (primary N) is 1. The van der Waals surface area contributed by atoms with Gasteiger partial charge >= 0.3 is 0 Å². The van der Waals surface area contributed by atoms with Crippen molar-refractivity contribution in [2.24, 2.45) is 5.73 Å². The van der Waals surface area contributed by atoms with Crippen LogP contribution in [0.25, 0.3) is 0 Å². The summed E-state index contributed by atoms with van der Waals surface area (Å²) in [6, 6.07) is 3.31. The molecule has 121 valence electrons. The molecule has 1 aliphatic heterocycles. The fraction of sp³-hybridized carbons (Fsp3) is 0.533. The summed E-state index contributed by atoms with van der Waals surface area (Å²) in [6.07, 6.45) is 0.555. The number of rotatable bonds is 5. The number of nitrogens with one attached hydrogen (secondary N) is 1. The summed E-state index contributed by atoms with van der Waals surface area (Å²) in [7, 11) is 3.89. The molecule has 22 heavy (non-hydrogen) atoms. The smallest absolute Gasteiger partial charge is 0.251 e. The number of anilines is 1. The van der Waals surface area contributed by atoms with Crippen LogP contribution in [0.3, 0.4) is 0 Å². The molecular weight excluding hydrogens is 285 g/mol. The molecule has 3 radical (unpaired) electrons. The largest absolute Gasteiger partial charge is 0.369 e. The molecule has 1 aromatic carbocycles. The maximum atomic E-state index is 14.6. The van der Waals surface area contributed by atoms with Gasteiger partial charge in [-0.3, -0.25) is 4.79 Å². The van der Waals surface area contributed by atoms with Gasteiger partial charge in [0.2, 0.25) is 0 Å². The zero-order valence-corrected chi connectivity index (χ0v) is 13.1. The summed E-state index contributed by atoms with van der Waals surface area (Å²) < 4.78 is 14.6. The Bertz CT molecular complexity index is 515. The number of halogens is 1. The normalized spacial score (nSPS) is 14.8. The van der Waals surface area contributed by atoms with Crippen LogP contribution in [-0.4, -0.2) is 57.6 Å². The molecule has 0 saturated carbocycles. The highest BCUT2D eigenvalue weighted by Gasteiger charge is 2.21. The van der Waals surface area contributed by atoms with E-state index in [-0.39, 0.29) is 11.7 Å². The Balaban J connectivity index is 0.00000242. The molecule has 6 nitrogen and oxygen atoms in total. The van der Waals surface area contributed by atoms with Gasteiger partial charge in [-0.05, 0) is 32.6 Å². The Morgan fingerprint density at radius 1 is 1.36 bits per heavy atom. The van der Waals surface area contributed by atoms with Gasteiger partial charge in [0.15, 0.2) is 0 Å². The second-order valence-corrected chi connectivity index (χ2v) is 5.58. The maximum absolute atomic E-state index is 14.6. The summed E-state index contributed by atoms with van der Waals surface area (Å²) in [5.41, 5.74) is 6.69. The Morgan fingerprint density at radius 2 is 2.00 bits per heavy atom. The van der Waals surface area contributed by atoms with E-state index in [2.05, 4.69) is 10.2 Å². The van der Waals surface area contributed by atoms with E-state index in [0.717, 1.165) is 38.4 Å². The van der Waals surface area contributed by atoms with Crippen LogP contribution in [0, 0.1) is 5.82 Å². The molecule has 7 heteroatoms. The van der Waals surface area contributed by atoms with Crippen molar-refractivity contribution in [3.8, 4) is 0 Å². The van der Waals surface area contributed by atoms with E-state index in [1.165, 1.54) is 6.07 Å². The number of likely N-dealkylation sites (N-methyl/N-ethyl adjacent to an activating group) is 1. The third-order valence-corrected chi connectivity index (χ3v) is 3.75. The molecule has 0 spiro atoms. The fourth-order valence-corrected chi connectivity index (χ4v) is 2.58. The molecule has 2 rings (SSSR count). The van der Waals surface area contributed by atoms with Gasteiger partial charge < -0.3 is 20.9 Å². The number of piperazine rings is 1. The first-order valence-corrected chi connectivity index (χ1v) is 7.22. The molecule has 1 aliphatic rings. The topological polar surface area (TPSA) is 92.1 Å². The molecule has 1 aromatic rings. The van der Waals surface area contributed by atoms with E-state index in [0.29, 0.717) is 12.0 Å². The number of hydrogen-bond acceptors (Lipinski definition) is 4. The van der Waals surface area contributed by atoms with Crippen molar-refractivity contribution >= 4 is 11.6 Å². The standard InChI is InChI=1S/C15H23FN4O.N/c1-19(2)8-5-11-13(20-9-6-18-7-10-20)4-3-12(14(11)16)15(17)21;/h3-4,18H,5-10H2,1-2H3,(H2,17,21);. The molecule has 1 heterocycles. The Hall–Kier alpha value is -1.70. The van der Waals surface area contributed by atoms with Crippen molar-refractivity contribution in [3.63, 3.8) is 0 Å². The predicted molar refractivity (Wildman–Crippen MR) is 84.4 cm³/mol. The van der Waals surface area contributed by atoms with Gasteiger partial charge in [-0.2, -0.15) is 0 Å². The number of primary amides is 1. The van der Waals surface area contributed by atoms with E-state index >= 15 is 0 Å². The van der Waals surface area contributed by atoms with Crippen LogP contribution < -0.4 is 22.1 Å². The fourth-order valence-electron chi connectivity index (χ4n) is 2.58. The predicted octanol–water partition coefficient (Wildman–Crippen LogP) is -0.0423. The SMILES string of the molecule is CN(C)CCc1c(N2CCNCC2)ccc(C(N)=O)c1F.[N]. The van der Waals surface area contributed by atoms with Gasteiger partial charge in [-0.25, -0.2) is 4.39 Å². The zero-order valence-electron chi connectivity index (χ0n) is 13.1. The number of benzene rings is 1. The second-order valence-electron chi connectivity index (χ2n) is 5.58. The lowest BCUT2D eigenvalue weighted by molar-refractivity contribution is 0.0996. The van der Waals surface area contributed by atoms with Crippen LogP contribution in [0.15, 0.2) is 12.1 Å². The van der Waals surface area contributed by atoms with Crippen molar-refractivity contribution in [1.29, 1.82) is 0 Å². The molecule has 1 amide bonds. The minimum Gasteiger partial charge on any atom is -0.369 e. The molecule has 0 bridgehead atoms. The molecule has 0 atom stereocenters. The quantitative estimate of drug-likeness (QED) is 0.798. The highest BCUT2D eigenvalue weighted by molar-refractivity contribution is 5.94. The summed E-state index contributed by atoms with van der Waals surface area (Å²) in [6.45, 7) is 4.16. The molecule has 3 N–H and O–H groups in total. The van der Waals surface area contributed by atoms with Gasteiger partial charge in [-0.1, -0.05) is 0 Å². The Kier molecular flexibility index (Phi) is 6.73. The summed E-state index contributed by atoms with van der Waals surface area (Å²) in [5, 5.41) is 3.28. The Labute approximate surface area is 131 Å². The van der Waals surface area contributed by atoms with Gasteiger partial charge in [0.05, 0.1) is 5.56 Å². The van der Waals surface area contributed by atoms with E-state index < -0.39 is 11.7 Å². The third-order valence-electron chi connectivity index (χ3n) is 3.75. The maximum Gasteiger partial charge on any atom is 0.251 e. The third kappa shape index (κ3) is 4.16. The van der Waals surface area contributed by atoms with Gasteiger partial charge in [0.25, 0.3) is 5.91 Å². The molecule has 0 aliphatic carbocycles. The van der Waals surface area contributed by atoms with Crippen molar-refractivity contribution in [2.45, 2.75) is 6.42 Å². The molecule has 1 saturated heterocycles. The van der Waals surface area contributed by atoms with Gasteiger partial charge in [-0.15, -0.1) is 0 Å². The lowest BCUT2D eigenvalue weighted by Crippen LogP contribution is -2.44. The first-order chi connectivity index (χ1) is 10.0. The highest BCUT2D eigenvalue weighted by Crippen LogP contribution is 2.27. The molecular formula is C15H23FN5O. The first-order valence-electron chi connectivity index (χ1n) is 7.22. The van der Waals surface area contributed by atoms with Crippen LogP contribution >= 0.6 is 0 Å². The molecule has 0 unspecified atom stereocenters. The Morgan fingerprint density at radius 3 is 2.55 bits per heavy atom. The van der Waals surface area contributed by atoms with Crippen LogP contribution in [0.2, 0.25) is 0 Å². The van der Waals surface area contributed by atoms with Crippen LogP contribution in [-0.2, 0) is 6.42 Å². The number of nitrogens with zero attached hydrogens (tertiary/aromatic N) is 3. The van der Waals surface area contributed by atoms with E-state index in [1.807, 2.05) is 25.1 Å². The summed E-state index contributed by atoms with van der Waals surface area (Å²) >= 11 is 0. The minimum absolute atomic E-state index is 0. The lowest BCUT2D eigenvalue weighted by atomic mass is 10.0. The van der Waals surface area contributed by atoms with Crippen molar-refractivity contribution < 1.29 is 9.18 Å². The van der Waals surface area contributed by atoms with Crippen molar-refractivity contribution in [1.82, 2.24) is 16.4 Å². The molecule has 0 aromatic heterocycles. The van der Waals surface area contributed by atoms with Crippen molar-refractivity contribution in [2.75, 3.05) is 51.7 Å². The van der Waals surface area contributed by atoms with E-state index in [1.54, 1.807) is 0 Å². The van der Waals surface area contributed by atoms with Crippen molar-refractivity contribution in [3.05, 3.63) is 29.1 Å². The minimum atomic E-state index is -0.717. The number of amides is 1. The summed E-state index contributed by atoms with van der Waals surface area (Å²) in [4.78, 5) is 15.5. The van der Waals surface area contributed by atoms with Crippen LogP contribution in [0.5, 0.6) is 0 Å². The zero-order chi connectivity index (χ0) is 15.4. The van der Waals surface area contributed by atoms with Crippen LogP contribution in [0.4, 0.5) is 10.1 Å². The first kappa shape index (κ1) is 18.3. The van der Waals surface area contributed by atoms with Gasteiger partial charge in [0.1, 0.15) is 5.82 Å². The number of carbonyl (C=O) groups is 1. The second kappa shape index (κ2) is 8.07. The van der Waals surface area contributed by atoms with E-state index in [4.69, 9.17) is 5.73 Å². The number of carbonyl (C=O) groups excluding carboxylic acids is 1. The average molecular weight is 308 g/mol. The van der Waals surface area contributed by atoms with E-state index in [9.17, 15) is 9.18 Å². The number of hydrogen-bond donors (Lipinski definition) is 2. The summed E-state index contributed by atoms with van der Waals surface area (Å²) in [5.74, 6) is -1.19. The van der Waals surface area contributed by atoms with Gasteiger partial charge in [0, 0.05) is 50.1 Å². The van der Waals surface area contributed by atoms with Crippen LogP contribution in [0.1, 0.15) is 15.9 Å². The highest BCUT2D eigenvalue weighted by atomic mass is 19.1. The lowest BCUT2D eigenvalue weighted by Gasteiger charge is -2.31. The molecule has 1 fully saturated rings. The average Bonchev–Trinajstić information content (AvgIpc) is 2.46. The monoisotopic (exact) mass is 308 g/mol.